The molecular formula is C15H13F3NO6S-. The normalized spacial score (nSPS) is 12.2. The standard InChI is InChI=1S/C15H14F3NO6S/c1-7(20)19-11(13(22)23)6-26-14(24)10-4-3-9(15(16,17)18)5-12(10)25-8(2)21/h3-5,11H,6H2,1-2H3,(H,19,20)(H,22,23)/p-1. The Morgan fingerprint density at radius 2 is 1.85 bits per heavy atom. The molecule has 1 aromatic rings. The number of carbonyl (C=O) groups excluding carboxylic acids is 4. The highest BCUT2D eigenvalue weighted by Crippen LogP contribution is 2.34. The molecular weight excluding hydrogens is 379 g/mol. The molecule has 1 aromatic carbocycles. The van der Waals surface area contributed by atoms with E-state index in [2.05, 4.69) is 10.1 Å². The molecule has 0 saturated heterocycles. The number of carboxylic acid groups (broad SMARTS) is 1. The summed E-state index contributed by atoms with van der Waals surface area (Å²) in [6.45, 7) is 2.02. The average molecular weight is 392 g/mol. The molecule has 0 aromatic heterocycles. The van der Waals surface area contributed by atoms with Crippen molar-refractivity contribution in [1.82, 2.24) is 5.32 Å². The van der Waals surface area contributed by atoms with Gasteiger partial charge in [-0.15, -0.1) is 0 Å². The van der Waals surface area contributed by atoms with Crippen LogP contribution in [0.3, 0.4) is 0 Å². The first kappa shape index (κ1) is 21.5. The van der Waals surface area contributed by atoms with Gasteiger partial charge in [0.1, 0.15) is 5.75 Å². The fourth-order valence-electron chi connectivity index (χ4n) is 1.76. The molecule has 0 heterocycles. The second-order valence-corrected chi connectivity index (χ2v) is 5.97. The quantitative estimate of drug-likeness (QED) is 0.562. The van der Waals surface area contributed by atoms with Crippen molar-refractivity contribution in [2.24, 2.45) is 0 Å². The SMILES string of the molecule is CC(=O)NC(CSC(=O)c1ccc(C(F)(F)F)cc1OC(C)=O)C(=O)[O-]. The largest absolute Gasteiger partial charge is 0.548 e. The highest BCUT2D eigenvalue weighted by Gasteiger charge is 2.32. The van der Waals surface area contributed by atoms with Gasteiger partial charge >= 0.3 is 12.1 Å². The number of thioether (sulfide) groups is 1. The number of rotatable bonds is 6. The van der Waals surface area contributed by atoms with Crippen LogP contribution in [0.1, 0.15) is 29.8 Å². The molecule has 0 aliphatic rings. The summed E-state index contributed by atoms with van der Waals surface area (Å²) in [6, 6.07) is 0.473. The lowest BCUT2D eigenvalue weighted by Crippen LogP contribution is -2.48. The Balaban J connectivity index is 3.04. The molecule has 0 spiro atoms. The van der Waals surface area contributed by atoms with E-state index in [1.54, 1.807) is 0 Å². The first-order valence-corrected chi connectivity index (χ1v) is 7.95. The molecule has 11 heteroatoms. The van der Waals surface area contributed by atoms with Gasteiger partial charge in [-0.3, -0.25) is 14.4 Å². The maximum Gasteiger partial charge on any atom is 0.416 e. The predicted molar refractivity (Wildman–Crippen MR) is 82.2 cm³/mol. The molecule has 1 N–H and O–H groups in total. The van der Waals surface area contributed by atoms with Crippen molar-refractivity contribution in [3.63, 3.8) is 0 Å². The average Bonchev–Trinajstić information content (AvgIpc) is 2.48. The molecule has 7 nitrogen and oxygen atoms in total. The lowest BCUT2D eigenvalue weighted by molar-refractivity contribution is -0.307. The van der Waals surface area contributed by atoms with E-state index in [0.29, 0.717) is 23.9 Å². The van der Waals surface area contributed by atoms with E-state index in [-0.39, 0.29) is 5.56 Å². The van der Waals surface area contributed by atoms with Crippen LogP contribution in [0.4, 0.5) is 13.2 Å². The zero-order valence-electron chi connectivity index (χ0n) is 13.5. The number of carbonyl (C=O) groups is 4. The van der Waals surface area contributed by atoms with E-state index in [9.17, 15) is 37.5 Å². The fraction of sp³-hybridized carbons (Fsp3) is 0.333. The third-order valence-corrected chi connectivity index (χ3v) is 3.81. The number of benzene rings is 1. The molecule has 0 bridgehead atoms. The minimum absolute atomic E-state index is 0.349. The van der Waals surface area contributed by atoms with Crippen molar-refractivity contribution in [3.8, 4) is 5.75 Å². The zero-order valence-corrected chi connectivity index (χ0v) is 14.3. The van der Waals surface area contributed by atoms with Crippen molar-refractivity contribution in [1.29, 1.82) is 0 Å². The molecule has 0 aliphatic heterocycles. The highest BCUT2D eigenvalue weighted by molar-refractivity contribution is 8.14. The van der Waals surface area contributed by atoms with E-state index < -0.39 is 52.2 Å². The minimum atomic E-state index is -4.71. The summed E-state index contributed by atoms with van der Waals surface area (Å²) in [5.41, 5.74) is -1.47. The van der Waals surface area contributed by atoms with Crippen molar-refractivity contribution >= 4 is 34.7 Å². The summed E-state index contributed by atoms with van der Waals surface area (Å²) in [5.74, 6) is -4.26. The second-order valence-electron chi connectivity index (χ2n) is 4.97. The Bertz CT molecular complexity index is 735. The summed E-state index contributed by atoms with van der Waals surface area (Å²) in [4.78, 5) is 45.1. The van der Waals surface area contributed by atoms with E-state index in [4.69, 9.17) is 0 Å². The number of hydrogen-bond donors (Lipinski definition) is 1. The monoisotopic (exact) mass is 392 g/mol. The highest BCUT2D eigenvalue weighted by atomic mass is 32.2. The van der Waals surface area contributed by atoms with Crippen molar-refractivity contribution in [2.45, 2.75) is 26.1 Å². The number of carboxylic acids is 1. The summed E-state index contributed by atoms with van der Waals surface area (Å²) in [5, 5.41) is 12.1. The number of ether oxygens (including phenoxy) is 1. The summed E-state index contributed by atoms with van der Waals surface area (Å²) in [7, 11) is 0. The van der Waals surface area contributed by atoms with Gasteiger partial charge < -0.3 is 20.0 Å². The van der Waals surface area contributed by atoms with Gasteiger partial charge in [-0.2, -0.15) is 13.2 Å². The first-order chi connectivity index (χ1) is 11.9. The molecule has 1 amide bonds. The summed E-state index contributed by atoms with van der Waals surface area (Å²) in [6.07, 6.45) is -4.71. The molecule has 1 rings (SSSR count). The van der Waals surface area contributed by atoms with E-state index >= 15 is 0 Å². The third-order valence-electron chi connectivity index (χ3n) is 2.83. The number of alkyl halides is 3. The second kappa shape index (κ2) is 8.70. The van der Waals surface area contributed by atoms with E-state index in [0.717, 1.165) is 19.9 Å². The lowest BCUT2D eigenvalue weighted by Gasteiger charge is -2.18. The number of halogens is 3. The zero-order chi connectivity index (χ0) is 20.1. The Morgan fingerprint density at radius 3 is 2.31 bits per heavy atom. The van der Waals surface area contributed by atoms with Crippen LogP contribution in [0.2, 0.25) is 0 Å². The smallest absolute Gasteiger partial charge is 0.416 e. The number of aliphatic carboxylic acids is 1. The molecule has 0 aliphatic carbocycles. The molecule has 1 unspecified atom stereocenters. The van der Waals surface area contributed by atoms with Gasteiger partial charge in [0.05, 0.1) is 23.1 Å². The Morgan fingerprint density at radius 1 is 1.23 bits per heavy atom. The van der Waals surface area contributed by atoms with Gasteiger partial charge in [-0.25, -0.2) is 0 Å². The van der Waals surface area contributed by atoms with Crippen LogP contribution in [-0.2, 0) is 20.6 Å². The molecule has 142 valence electrons. The van der Waals surface area contributed by atoms with Gasteiger partial charge in [-0.1, -0.05) is 11.8 Å². The molecule has 0 saturated carbocycles. The maximum atomic E-state index is 12.8. The minimum Gasteiger partial charge on any atom is -0.548 e. The van der Waals surface area contributed by atoms with E-state index in [1.807, 2.05) is 0 Å². The first-order valence-electron chi connectivity index (χ1n) is 6.96. The number of hydrogen-bond acceptors (Lipinski definition) is 7. The molecule has 26 heavy (non-hydrogen) atoms. The van der Waals surface area contributed by atoms with Crippen LogP contribution in [-0.4, -0.2) is 34.8 Å². The maximum absolute atomic E-state index is 12.8. The van der Waals surface area contributed by atoms with Crippen LogP contribution in [0, 0.1) is 0 Å². The Hall–Kier alpha value is -2.56. The van der Waals surface area contributed by atoms with Gasteiger partial charge in [0, 0.05) is 19.6 Å². The number of nitrogens with one attached hydrogen (secondary N) is 1. The lowest BCUT2D eigenvalue weighted by atomic mass is 10.1. The van der Waals surface area contributed by atoms with Crippen LogP contribution < -0.4 is 15.2 Å². The summed E-state index contributed by atoms with van der Waals surface area (Å²) >= 11 is 0.416. The molecule has 0 radical (unpaired) electrons. The number of esters is 1. The van der Waals surface area contributed by atoms with Gasteiger partial charge in [0.2, 0.25) is 11.0 Å². The summed E-state index contributed by atoms with van der Waals surface area (Å²) < 4.78 is 42.9. The third kappa shape index (κ3) is 6.39. The van der Waals surface area contributed by atoms with E-state index in [1.165, 1.54) is 0 Å². The predicted octanol–water partition coefficient (Wildman–Crippen LogP) is 0.759. The van der Waals surface area contributed by atoms with Crippen molar-refractivity contribution in [2.75, 3.05) is 5.75 Å². The number of amides is 1. The topological polar surface area (TPSA) is 113 Å². The van der Waals surface area contributed by atoms with Crippen molar-refractivity contribution in [3.05, 3.63) is 29.3 Å². The van der Waals surface area contributed by atoms with Crippen LogP contribution in [0.5, 0.6) is 5.75 Å². The molecule has 1 atom stereocenters. The Labute approximate surface area is 149 Å². The van der Waals surface area contributed by atoms with Crippen LogP contribution >= 0.6 is 11.8 Å². The van der Waals surface area contributed by atoms with Gasteiger partial charge in [0.25, 0.3) is 0 Å². The fourth-order valence-corrected chi connectivity index (χ4v) is 2.62. The van der Waals surface area contributed by atoms with Gasteiger partial charge in [-0.05, 0) is 18.2 Å². The van der Waals surface area contributed by atoms with Crippen LogP contribution in [0.15, 0.2) is 18.2 Å². The van der Waals surface area contributed by atoms with Gasteiger partial charge in [0.15, 0.2) is 0 Å². The Kier molecular flexibility index (Phi) is 7.19. The van der Waals surface area contributed by atoms with Crippen LogP contribution in [0.25, 0.3) is 0 Å². The van der Waals surface area contributed by atoms with Crippen molar-refractivity contribution < 1.29 is 42.2 Å². The molecule has 0 fully saturated rings.